The molecule has 0 aromatic rings. The molecule has 0 aliphatic carbocycles. The number of hydrogen-bond donors (Lipinski definition) is 0. The summed E-state index contributed by atoms with van der Waals surface area (Å²) in [6, 6.07) is 0. The molecule has 8 heteroatoms. The van der Waals surface area contributed by atoms with Crippen molar-refractivity contribution >= 4 is 15.9 Å². The molecule has 0 unspecified atom stereocenters. The molecule has 0 aliphatic rings. The Morgan fingerprint density at radius 3 is 1.91 bits per heavy atom. The standard InChI is InChI=1S/C3H5BrN2O5/c1-11-2-3(4,5(7)8)6(9)10/h2H2,1H3. The number of halogens is 1. The van der Waals surface area contributed by atoms with Gasteiger partial charge in [-0.1, -0.05) is 0 Å². The molecular weight excluding hydrogens is 224 g/mol. The van der Waals surface area contributed by atoms with Gasteiger partial charge < -0.3 is 4.74 Å². The molecule has 0 amide bonds. The van der Waals surface area contributed by atoms with Crippen molar-refractivity contribution in [2.24, 2.45) is 0 Å². The van der Waals surface area contributed by atoms with Gasteiger partial charge in [0.1, 0.15) is 9.85 Å². The van der Waals surface area contributed by atoms with Gasteiger partial charge in [-0.25, -0.2) is 0 Å². The first-order chi connectivity index (χ1) is 4.95. The first-order valence-corrected chi connectivity index (χ1v) is 3.21. The molecule has 0 aromatic heterocycles. The maximum Gasteiger partial charge on any atom is 0.533 e. The summed E-state index contributed by atoms with van der Waals surface area (Å²) in [5.41, 5.74) is 0. The van der Waals surface area contributed by atoms with E-state index in [2.05, 4.69) is 20.7 Å². The molecule has 7 nitrogen and oxygen atoms in total. The second kappa shape index (κ2) is 3.58. The highest BCUT2D eigenvalue weighted by atomic mass is 79.9. The summed E-state index contributed by atoms with van der Waals surface area (Å²) in [5, 5.41) is 20.2. The van der Waals surface area contributed by atoms with Crippen LogP contribution in [0.5, 0.6) is 0 Å². The zero-order chi connectivity index (χ0) is 9.07. The van der Waals surface area contributed by atoms with Crippen LogP contribution in [0, 0.1) is 20.2 Å². The Hall–Kier alpha value is -0.760. The largest absolute Gasteiger partial charge is 0.533 e. The second-order valence-corrected chi connectivity index (χ2v) is 2.94. The van der Waals surface area contributed by atoms with E-state index in [1.54, 1.807) is 0 Å². The van der Waals surface area contributed by atoms with Gasteiger partial charge in [0, 0.05) is 7.11 Å². The number of rotatable bonds is 4. The highest BCUT2D eigenvalue weighted by molar-refractivity contribution is 9.09. The summed E-state index contributed by atoms with van der Waals surface area (Å²) in [5.74, 6) is 0. The normalized spacial score (nSPS) is 11.1. The van der Waals surface area contributed by atoms with Crippen LogP contribution in [0.25, 0.3) is 0 Å². The van der Waals surface area contributed by atoms with Gasteiger partial charge in [0.2, 0.25) is 6.61 Å². The summed E-state index contributed by atoms with van der Waals surface area (Å²) in [7, 11) is 1.14. The van der Waals surface area contributed by atoms with Crippen LogP contribution >= 0.6 is 15.9 Å². The van der Waals surface area contributed by atoms with Gasteiger partial charge in [-0.3, -0.25) is 20.2 Å². The fourth-order valence-corrected chi connectivity index (χ4v) is 0.585. The van der Waals surface area contributed by atoms with E-state index in [1.807, 2.05) is 0 Å². The first-order valence-electron chi connectivity index (χ1n) is 2.42. The number of nitrogens with zero attached hydrogens (tertiary/aromatic N) is 2. The Morgan fingerprint density at radius 1 is 1.45 bits per heavy atom. The quantitative estimate of drug-likeness (QED) is 0.226. The van der Waals surface area contributed by atoms with Crippen LogP contribution in [-0.4, -0.2) is 28.1 Å². The highest BCUT2D eigenvalue weighted by Gasteiger charge is 2.53. The molecule has 0 spiro atoms. The van der Waals surface area contributed by atoms with Crippen molar-refractivity contribution in [2.45, 2.75) is 4.57 Å². The third-order valence-corrected chi connectivity index (χ3v) is 1.70. The van der Waals surface area contributed by atoms with Crippen molar-refractivity contribution in [1.82, 2.24) is 0 Å². The molecule has 0 rings (SSSR count). The predicted molar refractivity (Wildman–Crippen MR) is 37.5 cm³/mol. The van der Waals surface area contributed by atoms with Gasteiger partial charge in [-0.15, -0.1) is 0 Å². The van der Waals surface area contributed by atoms with Crippen molar-refractivity contribution in [1.29, 1.82) is 0 Å². The monoisotopic (exact) mass is 228 g/mol. The second-order valence-electron chi connectivity index (χ2n) is 1.67. The fraction of sp³-hybridized carbons (Fsp3) is 1.00. The van der Waals surface area contributed by atoms with Crippen LogP contribution in [0.2, 0.25) is 0 Å². The van der Waals surface area contributed by atoms with E-state index in [9.17, 15) is 20.2 Å². The number of alkyl halides is 1. The van der Waals surface area contributed by atoms with Gasteiger partial charge >= 0.3 is 4.57 Å². The van der Waals surface area contributed by atoms with Crippen LogP contribution in [0.4, 0.5) is 0 Å². The summed E-state index contributed by atoms with van der Waals surface area (Å²) in [4.78, 5) is 18.1. The number of hydrogen-bond acceptors (Lipinski definition) is 5. The van der Waals surface area contributed by atoms with Gasteiger partial charge in [-0.05, 0) is 0 Å². The average molecular weight is 229 g/mol. The molecule has 11 heavy (non-hydrogen) atoms. The van der Waals surface area contributed by atoms with Crippen LogP contribution in [0.3, 0.4) is 0 Å². The smallest absolute Gasteiger partial charge is 0.369 e. The zero-order valence-corrected chi connectivity index (χ0v) is 7.11. The first kappa shape index (κ1) is 10.2. The summed E-state index contributed by atoms with van der Waals surface area (Å²) in [6.45, 7) is -0.618. The van der Waals surface area contributed by atoms with Gasteiger partial charge in [0.05, 0.1) is 15.9 Å². The fourth-order valence-electron chi connectivity index (χ4n) is 0.356. The van der Waals surface area contributed by atoms with Crippen molar-refractivity contribution in [3.05, 3.63) is 20.2 Å². The van der Waals surface area contributed by atoms with E-state index in [0.717, 1.165) is 7.11 Å². The molecule has 0 N–H and O–H groups in total. The molecule has 0 aliphatic heterocycles. The number of nitro groups is 2. The van der Waals surface area contributed by atoms with Crippen LogP contribution in [-0.2, 0) is 4.74 Å². The third kappa shape index (κ3) is 2.09. The Morgan fingerprint density at radius 2 is 1.82 bits per heavy atom. The Bertz CT molecular complexity index is 169. The van der Waals surface area contributed by atoms with E-state index in [4.69, 9.17) is 0 Å². The van der Waals surface area contributed by atoms with Gasteiger partial charge in [0.25, 0.3) is 0 Å². The van der Waals surface area contributed by atoms with Gasteiger partial charge in [0.15, 0.2) is 0 Å². The lowest BCUT2D eigenvalue weighted by Crippen LogP contribution is -2.44. The van der Waals surface area contributed by atoms with Crippen molar-refractivity contribution in [3.8, 4) is 0 Å². The third-order valence-electron chi connectivity index (χ3n) is 0.888. The van der Waals surface area contributed by atoms with Crippen molar-refractivity contribution < 1.29 is 14.6 Å². The highest BCUT2D eigenvalue weighted by Crippen LogP contribution is 2.19. The van der Waals surface area contributed by atoms with E-state index in [0.29, 0.717) is 0 Å². The molecule has 0 atom stereocenters. The lowest BCUT2D eigenvalue weighted by Gasteiger charge is -2.07. The molecule has 0 bridgehead atoms. The van der Waals surface area contributed by atoms with Gasteiger partial charge in [-0.2, -0.15) is 0 Å². The maximum atomic E-state index is 10.1. The predicted octanol–water partition coefficient (Wildman–Crippen LogP) is 0.235. The van der Waals surface area contributed by atoms with Crippen molar-refractivity contribution in [3.63, 3.8) is 0 Å². The molecular formula is C3H5BrN2O5. The molecule has 0 heterocycles. The Kier molecular flexibility index (Phi) is 3.33. The van der Waals surface area contributed by atoms with Crippen molar-refractivity contribution in [2.75, 3.05) is 13.7 Å². The molecule has 0 fully saturated rings. The minimum absolute atomic E-state index is 0.618. The van der Waals surface area contributed by atoms with E-state index >= 15 is 0 Å². The minimum Gasteiger partial charge on any atom is -0.369 e. The lowest BCUT2D eigenvalue weighted by atomic mass is 10.6. The summed E-state index contributed by atoms with van der Waals surface area (Å²) in [6.07, 6.45) is 0. The zero-order valence-electron chi connectivity index (χ0n) is 5.52. The van der Waals surface area contributed by atoms with Crippen LogP contribution < -0.4 is 0 Å². The molecule has 0 aromatic carbocycles. The van der Waals surface area contributed by atoms with E-state index < -0.39 is 21.0 Å². The SMILES string of the molecule is COCC(Br)([N+](=O)[O-])[N+](=O)[O-]. The Labute approximate surface area is 69.8 Å². The summed E-state index contributed by atoms with van der Waals surface area (Å²) < 4.78 is 1.88. The van der Waals surface area contributed by atoms with E-state index in [-0.39, 0.29) is 0 Å². The number of methoxy groups -OCH3 is 1. The molecule has 0 saturated carbocycles. The average Bonchev–Trinajstić information content (AvgIpc) is 1.87. The number of ether oxygens (including phenoxy) is 1. The molecule has 64 valence electrons. The van der Waals surface area contributed by atoms with Crippen LogP contribution in [0.1, 0.15) is 0 Å². The summed E-state index contributed by atoms with van der Waals surface area (Å²) >= 11 is 2.35. The minimum atomic E-state index is -2.41. The van der Waals surface area contributed by atoms with E-state index in [1.165, 1.54) is 0 Å². The molecule has 0 saturated heterocycles. The Balaban J connectivity index is 4.52. The topological polar surface area (TPSA) is 95.5 Å². The molecule has 0 radical (unpaired) electrons. The maximum absolute atomic E-state index is 10.1. The lowest BCUT2D eigenvalue weighted by molar-refractivity contribution is -0.760. The van der Waals surface area contributed by atoms with Crippen LogP contribution in [0.15, 0.2) is 0 Å².